The lowest BCUT2D eigenvalue weighted by molar-refractivity contribution is 0.269. The van der Waals surface area contributed by atoms with Gasteiger partial charge in [0.05, 0.1) is 0 Å². The van der Waals surface area contributed by atoms with E-state index < -0.39 is 0 Å². The Morgan fingerprint density at radius 3 is 2.45 bits per heavy atom. The van der Waals surface area contributed by atoms with Crippen molar-refractivity contribution in [2.24, 2.45) is 5.92 Å². The fraction of sp³-hybridized carbons (Fsp3) is 0.667. The van der Waals surface area contributed by atoms with Gasteiger partial charge in [0, 0.05) is 25.3 Å². The van der Waals surface area contributed by atoms with E-state index in [-0.39, 0.29) is 0 Å². The molecule has 0 aromatic heterocycles. The van der Waals surface area contributed by atoms with Crippen LogP contribution in [-0.4, -0.2) is 26.2 Å². The van der Waals surface area contributed by atoms with Crippen molar-refractivity contribution in [2.45, 2.75) is 52.0 Å². The number of anilines is 1. The van der Waals surface area contributed by atoms with Crippen LogP contribution < -0.4 is 10.2 Å². The van der Waals surface area contributed by atoms with Gasteiger partial charge >= 0.3 is 0 Å². The van der Waals surface area contributed by atoms with E-state index in [2.05, 4.69) is 55.4 Å². The van der Waals surface area contributed by atoms with Crippen LogP contribution in [0.1, 0.15) is 45.1 Å². The first-order valence-electron chi connectivity index (χ1n) is 8.28. The number of rotatable bonds is 6. The van der Waals surface area contributed by atoms with Crippen LogP contribution in [0.25, 0.3) is 0 Å². The first kappa shape index (κ1) is 15.4. The van der Waals surface area contributed by atoms with Gasteiger partial charge in [-0.1, -0.05) is 38.8 Å². The summed E-state index contributed by atoms with van der Waals surface area (Å²) in [5, 5.41) is 3.68. The third-order valence-corrected chi connectivity index (χ3v) is 4.67. The van der Waals surface area contributed by atoms with Gasteiger partial charge in [0.2, 0.25) is 0 Å². The summed E-state index contributed by atoms with van der Waals surface area (Å²) in [5.74, 6) is 0.791. The van der Waals surface area contributed by atoms with Crippen molar-refractivity contribution < 1.29 is 0 Å². The molecule has 2 unspecified atom stereocenters. The summed E-state index contributed by atoms with van der Waals surface area (Å²) in [6, 6.07) is 9.77. The molecule has 0 spiro atoms. The number of nitrogens with one attached hydrogen (secondary N) is 1. The Bertz CT molecular complexity index is 383. The van der Waals surface area contributed by atoms with Crippen LogP contribution in [0.3, 0.4) is 0 Å². The lowest BCUT2D eigenvalue weighted by Gasteiger charge is -2.35. The standard InChI is InChI=1S/C18H30N2/c1-4-15-10-12-17(13-11-15)20(3)14-16-8-6-7-9-18(16)19-5-2/h10-13,16,18-19H,4-9,14H2,1-3H3. The van der Waals surface area contributed by atoms with Crippen LogP contribution in [0, 0.1) is 5.92 Å². The summed E-state index contributed by atoms with van der Waals surface area (Å²) in [7, 11) is 2.23. The molecule has 1 aromatic carbocycles. The van der Waals surface area contributed by atoms with Gasteiger partial charge < -0.3 is 10.2 Å². The number of hydrogen-bond donors (Lipinski definition) is 1. The third kappa shape index (κ3) is 3.99. The number of hydrogen-bond acceptors (Lipinski definition) is 2. The van der Waals surface area contributed by atoms with Crippen LogP contribution in [0.2, 0.25) is 0 Å². The summed E-state index contributed by atoms with van der Waals surface area (Å²) < 4.78 is 0. The maximum atomic E-state index is 3.68. The van der Waals surface area contributed by atoms with Gasteiger partial charge in [-0.25, -0.2) is 0 Å². The van der Waals surface area contributed by atoms with Gasteiger partial charge in [-0.15, -0.1) is 0 Å². The molecule has 112 valence electrons. The van der Waals surface area contributed by atoms with Gasteiger partial charge in [0.25, 0.3) is 0 Å². The van der Waals surface area contributed by atoms with Crippen LogP contribution in [-0.2, 0) is 6.42 Å². The second-order valence-corrected chi connectivity index (χ2v) is 6.11. The Balaban J connectivity index is 1.95. The van der Waals surface area contributed by atoms with E-state index in [1.165, 1.54) is 43.5 Å². The van der Waals surface area contributed by atoms with E-state index in [4.69, 9.17) is 0 Å². The summed E-state index contributed by atoms with van der Waals surface area (Å²) >= 11 is 0. The minimum Gasteiger partial charge on any atom is -0.374 e. The Morgan fingerprint density at radius 2 is 1.80 bits per heavy atom. The van der Waals surface area contributed by atoms with Gasteiger partial charge in [0.1, 0.15) is 0 Å². The zero-order valence-corrected chi connectivity index (χ0v) is 13.4. The molecule has 0 bridgehead atoms. The van der Waals surface area contributed by atoms with E-state index in [0.29, 0.717) is 6.04 Å². The highest BCUT2D eigenvalue weighted by atomic mass is 15.1. The quantitative estimate of drug-likeness (QED) is 0.847. The van der Waals surface area contributed by atoms with E-state index in [9.17, 15) is 0 Å². The van der Waals surface area contributed by atoms with Crippen LogP contribution >= 0.6 is 0 Å². The van der Waals surface area contributed by atoms with Crippen molar-refractivity contribution >= 4 is 5.69 Å². The molecule has 0 radical (unpaired) electrons. The molecule has 1 aromatic rings. The average Bonchev–Trinajstić information content (AvgIpc) is 2.49. The Labute approximate surface area is 124 Å². The highest BCUT2D eigenvalue weighted by Gasteiger charge is 2.25. The zero-order valence-electron chi connectivity index (χ0n) is 13.4. The minimum atomic E-state index is 0.714. The van der Waals surface area contributed by atoms with E-state index >= 15 is 0 Å². The largest absolute Gasteiger partial charge is 0.374 e. The Morgan fingerprint density at radius 1 is 1.10 bits per heavy atom. The molecule has 0 saturated heterocycles. The maximum absolute atomic E-state index is 3.68. The SMILES string of the molecule is CCNC1CCCCC1CN(C)c1ccc(CC)cc1. The highest BCUT2D eigenvalue weighted by molar-refractivity contribution is 5.47. The first-order valence-corrected chi connectivity index (χ1v) is 8.28. The topological polar surface area (TPSA) is 15.3 Å². The maximum Gasteiger partial charge on any atom is 0.0363 e. The normalized spacial score (nSPS) is 22.8. The zero-order chi connectivity index (χ0) is 14.4. The molecule has 0 heterocycles. The summed E-state index contributed by atoms with van der Waals surface area (Å²) in [6.07, 6.45) is 6.63. The molecule has 0 amide bonds. The molecule has 0 aliphatic heterocycles. The Kier molecular flexibility index (Phi) is 5.90. The fourth-order valence-electron chi connectivity index (χ4n) is 3.40. The van der Waals surface area contributed by atoms with Crippen molar-refractivity contribution in [3.63, 3.8) is 0 Å². The molecular formula is C18H30N2. The summed E-state index contributed by atoms with van der Waals surface area (Å²) in [5.41, 5.74) is 2.77. The van der Waals surface area contributed by atoms with Crippen molar-refractivity contribution in [3.8, 4) is 0 Å². The van der Waals surface area contributed by atoms with Crippen molar-refractivity contribution in [1.29, 1.82) is 0 Å². The van der Waals surface area contributed by atoms with E-state index in [0.717, 1.165) is 18.9 Å². The molecule has 1 aliphatic carbocycles. The molecular weight excluding hydrogens is 244 g/mol. The lowest BCUT2D eigenvalue weighted by Crippen LogP contribution is -2.43. The Hall–Kier alpha value is -1.02. The molecule has 1 N–H and O–H groups in total. The number of benzene rings is 1. The number of aryl methyl sites for hydroxylation is 1. The van der Waals surface area contributed by atoms with Crippen molar-refractivity contribution in [3.05, 3.63) is 29.8 Å². The third-order valence-electron chi connectivity index (χ3n) is 4.67. The first-order chi connectivity index (χ1) is 9.74. The molecule has 1 aliphatic rings. The lowest BCUT2D eigenvalue weighted by atomic mass is 9.84. The number of nitrogens with zero attached hydrogens (tertiary/aromatic N) is 1. The van der Waals surface area contributed by atoms with E-state index in [1.807, 2.05) is 0 Å². The second kappa shape index (κ2) is 7.68. The highest BCUT2D eigenvalue weighted by Crippen LogP contribution is 2.26. The van der Waals surface area contributed by atoms with Crippen LogP contribution in [0.4, 0.5) is 5.69 Å². The van der Waals surface area contributed by atoms with Crippen LogP contribution in [0.15, 0.2) is 24.3 Å². The molecule has 2 heteroatoms. The fourth-order valence-corrected chi connectivity index (χ4v) is 3.40. The van der Waals surface area contributed by atoms with E-state index in [1.54, 1.807) is 0 Å². The molecule has 20 heavy (non-hydrogen) atoms. The summed E-state index contributed by atoms with van der Waals surface area (Å²) in [6.45, 7) is 6.69. The van der Waals surface area contributed by atoms with Crippen molar-refractivity contribution in [1.82, 2.24) is 5.32 Å². The molecule has 2 nitrogen and oxygen atoms in total. The molecule has 2 rings (SSSR count). The molecule has 1 saturated carbocycles. The molecule has 1 fully saturated rings. The second-order valence-electron chi connectivity index (χ2n) is 6.11. The van der Waals surface area contributed by atoms with Gasteiger partial charge in [-0.05, 0) is 49.4 Å². The average molecular weight is 274 g/mol. The smallest absolute Gasteiger partial charge is 0.0363 e. The van der Waals surface area contributed by atoms with Crippen LogP contribution in [0.5, 0.6) is 0 Å². The van der Waals surface area contributed by atoms with Gasteiger partial charge in [0.15, 0.2) is 0 Å². The summed E-state index contributed by atoms with van der Waals surface area (Å²) in [4.78, 5) is 2.43. The van der Waals surface area contributed by atoms with Gasteiger partial charge in [-0.3, -0.25) is 0 Å². The predicted molar refractivity (Wildman–Crippen MR) is 88.5 cm³/mol. The van der Waals surface area contributed by atoms with Gasteiger partial charge in [-0.2, -0.15) is 0 Å². The predicted octanol–water partition coefficient (Wildman–Crippen LogP) is 3.85. The monoisotopic (exact) mass is 274 g/mol. The minimum absolute atomic E-state index is 0.714. The van der Waals surface area contributed by atoms with Crippen molar-refractivity contribution in [2.75, 3.05) is 25.0 Å². The molecule has 2 atom stereocenters.